The first-order valence-corrected chi connectivity index (χ1v) is 23.8. The van der Waals surface area contributed by atoms with Crippen LogP contribution in [0.5, 0.6) is 0 Å². The van der Waals surface area contributed by atoms with Gasteiger partial charge in [-0.2, -0.15) is 55.0 Å². The molecule has 30 heteroatoms. The maximum absolute atomic E-state index is 15.4. The lowest BCUT2D eigenvalue weighted by Gasteiger charge is -2.48. The quantitative estimate of drug-likeness (QED) is 0.0945. The van der Waals surface area contributed by atoms with Gasteiger partial charge in [-0.05, 0) is 54.1 Å². The number of amides is 3. The fraction of sp³-hybridized carbons (Fsp3) is 0.143. The number of carbonyl (C=O) groups is 2. The van der Waals surface area contributed by atoms with Crippen LogP contribution in [0, 0.1) is 0 Å². The minimum atomic E-state index is -6.73. The van der Waals surface area contributed by atoms with E-state index in [-0.39, 0.29) is 19.2 Å². The van der Waals surface area contributed by atoms with E-state index in [0.29, 0.717) is 24.3 Å². The fourth-order valence-corrected chi connectivity index (χ4v) is 13.6. The van der Waals surface area contributed by atoms with Crippen molar-refractivity contribution in [2.24, 2.45) is 7.05 Å². The van der Waals surface area contributed by atoms with Crippen LogP contribution in [-0.2, 0) is 74.2 Å². The van der Waals surface area contributed by atoms with Gasteiger partial charge in [-0.25, -0.2) is 9.59 Å². The molecule has 3 aromatic carbocycles. The van der Waals surface area contributed by atoms with Crippen LogP contribution >= 0.6 is 0 Å². The Morgan fingerprint density at radius 3 is 1.74 bits per heavy atom. The van der Waals surface area contributed by atoms with E-state index in [4.69, 9.17) is 0 Å². The monoisotopic (exact) mass is 929 g/mol. The minimum absolute atomic E-state index is 0.0221. The molecule has 2 unspecified atom stereocenters. The van der Waals surface area contributed by atoms with Gasteiger partial charge in [0.2, 0.25) is 0 Å². The molecule has 1 aromatic heterocycles. The molecule has 2 atom stereocenters. The highest BCUT2D eigenvalue weighted by Gasteiger charge is 2.72. The highest BCUT2D eigenvalue weighted by molar-refractivity contribution is 7.94. The van der Waals surface area contributed by atoms with Gasteiger partial charge in [0.1, 0.15) is 20.4 Å². The molecule has 6 rings (SSSR count). The van der Waals surface area contributed by atoms with Crippen LogP contribution in [0.2, 0.25) is 0 Å². The van der Waals surface area contributed by atoms with Gasteiger partial charge in [0, 0.05) is 29.9 Å². The van der Waals surface area contributed by atoms with Crippen LogP contribution in [0.15, 0.2) is 73.1 Å². The lowest BCUT2D eigenvalue weighted by molar-refractivity contribution is 0.0710. The number of fused-ring (bicyclic) bond motifs is 1. The van der Waals surface area contributed by atoms with Crippen molar-refractivity contribution in [2.45, 2.75) is 30.9 Å². The van der Waals surface area contributed by atoms with Gasteiger partial charge in [-0.15, -0.1) is 0 Å². The number of quaternary nitrogens is 1. The maximum atomic E-state index is 15.4. The molecule has 0 fully saturated rings. The molecule has 312 valence electrons. The molecular formula is C28H25N4O20S6+. The topological polar surface area (TPSA) is 389 Å². The molecule has 58 heavy (non-hydrogen) atoms. The summed E-state index contributed by atoms with van der Waals surface area (Å²) in [6.45, 7) is 0. The number of hydrogen-bond acceptors (Lipinski definition) is 14. The predicted molar refractivity (Wildman–Crippen MR) is 197 cm³/mol. The standard InChI is InChI=1S/C28H24N4O20S6/c1-31-9-3-4-18(31)26(33)32(2)24-23-14(10-21(55(41,42)43)25(24)57(47,48)49)16(6-8-20(23)54(38,39)40)29-27(34)30-17-5-7-19(53(35,36)37)13-11-22(56(44,45)46)28(32,12-15(13)17)58(50,51)52/h3-11H,12H2,1-2H3,(H7-,29,30,34,35,36,37,38,39,40,41,42,43,44,45,46,47,48,49,50,51,52)/p+1. The van der Waals surface area contributed by atoms with Gasteiger partial charge in [0.05, 0.1) is 24.5 Å². The normalized spacial score (nSPS) is 20.4. The molecule has 4 aromatic rings. The van der Waals surface area contributed by atoms with Crippen LogP contribution in [0.25, 0.3) is 16.8 Å². The van der Waals surface area contributed by atoms with E-state index in [2.05, 4.69) is 10.6 Å². The number of hydrogen-bond donors (Lipinski definition) is 8. The Morgan fingerprint density at radius 2 is 1.26 bits per heavy atom. The van der Waals surface area contributed by atoms with Crippen molar-refractivity contribution in [2.75, 3.05) is 17.7 Å². The summed E-state index contributed by atoms with van der Waals surface area (Å²) >= 11 is 0. The smallest absolute Gasteiger partial charge is 0.343 e. The molecule has 0 saturated carbocycles. The Bertz CT molecular complexity index is 3320. The van der Waals surface area contributed by atoms with Gasteiger partial charge < -0.3 is 15.2 Å². The molecule has 0 radical (unpaired) electrons. The van der Waals surface area contributed by atoms with Crippen LogP contribution in [0.1, 0.15) is 21.6 Å². The number of rotatable bonds is 7. The average Bonchev–Trinajstić information content (AvgIpc) is 3.48. The number of likely N-dealkylation sites (N-methyl/N-ethyl adjacent to an activating group) is 1. The van der Waals surface area contributed by atoms with Gasteiger partial charge in [-0.3, -0.25) is 27.3 Å². The van der Waals surface area contributed by atoms with Crippen molar-refractivity contribution >= 4 is 107 Å². The van der Waals surface area contributed by atoms with Gasteiger partial charge in [0.25, 0.3) is 45.3 Å². The zero-order valence-corrected chi connectivity index (χ0v) is 33.5. The summed E-state index contributed by atoms with van der Waals surface area (Å²) < 4.78 is 223. The molecular weight excluding hydrogens is 905 g/mol. The van der Waals surface area contributed by atoms with Crippen molar-refractivity contribution in [3.05, 3.63) is 70.4 Å². The molecule has 3 amide bonds. The third-order valence-electron chi connectivity index (χ3n) is 9.58. The third kappa shape index (κ3) is 6.41. The zero-order valence-electron chi connectivity index (χ0n) is 28.6. The summed E-state index contributed by atoms with van der Waals surface area (Å²) in [5, 5.41) is 1.64. The summed E-state index contributed by atoms with van der Waals surface area (Å²) in [5.41, 5.74) is -6.30. The Morgan fingerprint density at radius 1 is 0.724 bits per heavy atom. The number of nitrogens with zero attached hydrogens (tertiary/aromatic N) is 2. The lowest BCUT2D eigenvalue weighted by atomic mass is 9.88. The largest absolute Gasteiger partial charge is 0.368 e. The van der Waals surface area contributed by atoms with Crippen LogP contribution in [-0.4, -0.2) is 106 Å². The molecule has 0 spiro atoms. The van der Waals surface area contributed by atoms with Gasteiger partial charge in [-0.1, -0.05) is 0 Å². The number of aryl methyl sites for hydroxylation is 1. The van der Waals surface area contributed by atoms with Crippen LogP contribution < -0.4 is 15.1 Å². The zero-order chi connectivity index (χ0) is 43.7. The summed E-state index contributed by atoms with van der Waals surface area (Å²) in [6.07, 6.45) is -0.868. The van der Waals surface area contributed by atoms with Crippen molar-refractivity contribution in [1.29, 1.82) is 0 Å². The first-order valence-electron chi connectivity index (χ1n) is 15.2. The Labute approximate surface area is 327 Å². The first kappa shape index (κ1) is 42.9. The minimum Gasteiger partial charge on any atom is -0.343 e. The Kier molecular flexibility index (Phi) is 9.54. The van der Waals surface area contributed by atoms with Crippen molar-refractivity contribution in [3.8, 4) is 0 Å². The van der Waals surface area contributed by atoms with Crippen molar-refractivity contribution < 1.29 is 87.4 Å². The second-order valence-electron chi connectivity index (χ2n) is 12.8. The number of urea groups is 1. The van der Waals surface area contributed by atoms with Crippen LogP contribution in [0.4, 0.5) is 21.9 Å². The highest BCUT2D eigenvalue weighted by atomic mass is 32.2. The predicted octanol–water partition coefficient (Wildman–Crippen LogP) is 0.969. The second kappa shape index (κ2) is 12.9. The molecule has 24 nitrogen and oxygen atoms in total. The van der Waals surface area contributed by atoms with E-state index in [1.54, 1.807) is 0 Å². The lowest BCUT2D eigenvalue weighted by Crippen LogP contribution is -2.73. The maximum Gasteiger partial charge on any atom is 0.368 e. The number of anilines is 2. The third-order valence-corrected chi connectivity index (χ3v) is 16.1. The molecule has 8 N–H and O–H groups in total. The Balaban J connectivity index is 2.16. The molecule has 6 bridgehead atoms. The van der Waals surface area contributed by atoms with Crippen LogP contribution in [0.3, 0.4) is 0 Å². The number of aromatic nitrogens is 1. The fourth-order valence-electron chi connectivity index (χ4n) is 7.25. The highest BCUT2D eigenvalue weighted by Crippen LogP contribution is 2.56. The van der Waals surface area contributed by atoms with Gasteiger partial charge >= 0.3 is 32.2 Å². The second-order valence-corrected chi connectivity index (χ2v) is 21.3. The molecule has 1 aliphatic heterocycles. The van der Waals surface area contributed by atoms with Gasteiger partial charge in [0.15, 0.2) is 15.5 Å². The van der Waals surface area contributed by atoms with E-state index in [1.165, 1.54) is 0 Å². The molecule has 1 aliphatic carbocycles. The van der Waals surface area contributed by atoms with E-state index < -0.39 is 158 Å². The SMILES string of the molecule is Cn1cccc1C(=O)[N+]1(C)c2c(S(=O)(=O)O)c(S(=O)(=O)O)cc3c(ccc(S(=O)(=O)O)c23)NC(=O)Nc2ccc(S(=O)(=O)O)c3c2CC1(S(=O)(=O)O)C(S(=O)(=O)O)=C3. The summed E-state index contributed by atoms with van der Waals surface area (Å²) in [4.78, 5) is 15.3. The van der Waals surface area contributed by atoms with E-state index >= 15 is 4.79 Å². The number of benzene rings is 3. The Hall–Kier alpha value is -4.70. The number of carbonyl (C=O) groups excluding carboxylic acids is 2. The average molecular weight is 930 g/mol. The van der Waals surface area contributed by atoms with Crippen molar-refractivity contribution in [3.63, 3.8) is 0 Å². The molecule has 2 heterocycles. The summed E-state index contributed by atoms with van der Waals surface area (Å²) in [7, 11) is -35.8. The van der Waals surface area contributed by atoms with Crippen molar-refractivity contribution in [1.82, 2.24) is 9.05 Å². The van der Waals surface area contributed by atoms with E-state index in [0.717, 1.165) is 29.9 Å². The van der Waals surface area contributed by atoms with E-state index in [9.17, 15) is 82.6 Å². The summed E-state index contributed by atoms with van der Waals surface area (Å²) in [5.74, 6) is -1.96. The summed E-state index contributed by atoms with van der Waals surface area (Å²) in [6, 6.07) is 2.87. The van der Waals surface area contributed by atoms with E-state index in [1.807, 2.05) is 0 Å². The molecule has 2 aliphatic rings. The number of nitrogens with one attached hydrogen (secondary N) is 2. The molecule has 0 saturated heterocycles. The first-order chi connectivity index (χ1) is 26.2.